The minimum absolute atomic E-state index is 0.641. The molecule has 3 aromatic rings. The van der Waals surface area contributed by atoms with Crippen molar-refractivity contribution in [2.45, 2.75) is 13.5 Å². The number of nitrogens with zero attached hydrogens (tertiary/aromatic N) is 1. The molecule has 0 fully saturated rings. The molecule has 0 aliphatic rings. The molecule has 2 aromatic heterocycles. The Morgan fingerprint density at radius 3 is 2.84 bits per heavy atom. The fraction of sp³-hybridized carbons (Fsp3) is 0.133. The zero-order valence-corrected chi connectivity index (χ0v) is 10.7. The molecule has 4 heteroatoms. The van der Waals surface area contributed by atoms with Crippen LogP contribution in [0.5, 0.6) is 0 Å². The fourth-order valence-corrected chi connectivity index (χ4v) is 2.13. The van der Waals surface area contributed by atoms with Crippen LogP contribution < -0.4 is 11.1 Å². The lowest BCUT2D eigenvalue weighted by Gasteiger charge is -2.10. The SMILES string of the molecule is Cc1ccc(CNc2ccc(N)c3ccncc23)o1. The molecule has 0 bridgehead atoms. The van der Waals surface area contributed by atoms with Gasteiger partial charge in [0.2, 0.25) is 0 Å². The topological polar surface area (TPSA) is 64.1 Å². The monoisotopic (exact) mass is 253 g/mol. The van der Waals surface area contributed by atoms with Gasteiger partial charge in [-0.3, -0.25) is 4.98 Å². The molecular formula is C15H15N3O. The number of hydrogen-bond acceptors (Lipinski definition) is 4. The van der Waals surface area contributed by atoms with E-state index < -0.39 is 0 Å². The van der Waals surface area contributed by atoms with Crippen LogP contribution in [-0.4, -0.2) is 4.98 Å². The Morgan fingerprint density at radius 2 is 2.05 bits per heavy atom. The third kappa shape index (κ3) is 2.25. The fourth-order valence-electron chi connectivity index (χ4n) is 2.13. The van der Waals surface area contributed by atoms with Gasteiger partial charge >= 0.3 is 0 Å². The quantitative estimate of drug-likeness (QED) is 0.703. The molecular weight excluding hydrogens is 238 g/mol. The molecule has 3 rings (SSSR count). The van der Waals surface area contributed by atoms with Crippen LogP contribution in [0.2, 0.25) is 0 Å². The predicted octanol–water partition coefficient (Wildman–Crippen LogP) is 3.33. The second-order valence-electron chi connectivity index (χ2n) is 4.49. The zero-order chi connectivity index (χ0) is 13.2. The minimum atomic E-state index is 0.641. The lowest BCUT2D eigenvalue weighted by molar-refractivity contribution is 0.490. The number of pyridine rings is 1. The van der Waals surface area contributed by atoms with E-state index in [1.807, 2.05) is 43.5 Å². The van der Waals surface area contributed by atoms with Crippen molar-refractivity contribution in [3.05, 3.63) is 54.2 Å². The molecule has 1 aromatic carbocycles. The standard InChI is InChI=1S/C15H15N3O/c1-10-2-3-11(19-10)8-18-15-5-4-14(16)12-6-7-17-9-13(12)15/h2-7,9,18H,8,16H2,1H3. The van der Waals surface area contributed by atoms with Crippen molar-refractivity contribution in [2.24, 2.45) is 0 Å². The summed E-state index contributed by atoms with van der Waals surface area (Å²) in [5, 5.41) is 5.38. The van der Waals surface area contributed by atoms with Gasteiger partial charge in [0, 0.05) is 34.5 Å². The molecule has 3 N–H and O–H groups in total. The number of benzene rings is 1. The van der Waals surface area contributed by atoms with Gasteiger partial charge in [-0.15, -0.1) is 0 Å². The Labute approximate surface area is 111 Å². The summed E-state index contributed by atoms with van der Waals surface area (Å²) < 4.78 is 5.54. The first-order chi connectivity index (χ1) is 9.24. The molecule has 0 amide bonds. The molecule has 0 aliphatic heterocycles. The van der Waals surface area contributed by atoms with Crippen molar-refractivity contribution in [1.29, 1.82) is 0 Å². The average Bonchev–Trinajstić information content (AvgIpc) is 2.84. The molecule has 0 unspecified atom stereocenters. The summed E-state index contributed by atoms with van der Waals surface area (Å²) >= 11 is 0. The summed E-state index contributed by atoms with van der Waals surface area (Å²) in [7, 11) is 0. The molecule has 0 radical (unpaired) electrons. The summed E-state index contributed by atoms with van der Waals surface area (Å²) in [4.78, 5) is 4.15. The van der Waals surface area contributed by atoms with E-state index in [0.29, 0.717) is 6.54 Å². The van der Waals surface area contributed by atoms with Crippen LogP contribution in [0, 0.1) is 6.92 Å². The molecule has 0 spiro atoms. The van der Waals surface area contributed by atoms with Crippen LogP contribution in [0.3, 0.4) is 0 Å². The maximum Gasteiger partial charge on any atom is 0.123 e. The number of rotatable bonds is 3. The van der Waals surface area contributed by atoms with Crippen molar-refractivity contribution < 1.29 is 4.42 Å². The highest BCUT2D eigenvalue weighted by Crippen LogP contribution is 2.27. The Kier molecular flexibility index (Phi) is 2.83. The third-order valence-electron chi connectivity index (χ3n) is 3.10. The highest BCUT2D eigenvalue weighted by molar-refractivity contribution is 6.00. The molecule has 0 atom stereocenters. The van der Waals surface area contributed by atoms with Gasteiger partial charge in [-0.2, -0.15) is 0 Å². The Morgan fingerprint density at radius 1 is 1.16 bits per heavy atom. The number of nitrogens with two attached hydrogens (primary N) is 1. The Bertz CT molecular complexity index is 718. The van der Waals surface area contributed by atoms with Crippen LogP contribution in [0.1, 0.15) is 11.5 Å². The maximum absolute atomic E-state index is 5.96. The summed E-state index contributed by atoms with van der Waals surface area (Å²) in [5.74, 6) is 1.83. The van der Waals surface area contributed by atoms with E-state index in [2.05, 4.69) is 10.3 Å². The van der Waals surface area contributed by atoms with E-state index >= 15 is 0 Å². The number of nitrogens with one attached hydrogen (secondary N) is 1. The van der Waals surface area contributed by atoms with Crippen molar-refractivity contribution >= 4 is 22.1 Å². The second kappa shape index (κ2) is 4.65. The van der Waals surface area contributed by atoms with E-state index in [-0.39, 0.29) is 0 Å². The third-order valence-corrected chi connectivity index (χ3v) is 3.10. The first-order valence-electron chi connectivity index (χ1n) is 6.15. The van der Waals surface area contributed by atoms with E-state index in [4.69, 9.17) is 10.2 Å². The maximum atomic E-state index is 5.96. The van der Waals surface area contributed by atoms with E-state index in [0.717, 1.165) is 33.7 Å². The van der Waals surface area contributed by atoms with Gasteiger partial charge in [0.25, 0.3) is 0 Å². The van der Waals surface area contributed by atoms with Gasteiger partial charge < -0.3 is 15.5 Å². The Hall–Kier alpha value is -2.49. The largest absolute Gasteiger partial charge is 0.465 e. The number of aromatic nitrogens is 1. The summed E-state index contributed by atoms with van der Waals surface area (Å²) in [5.41, 5.74) is 7.73. The molecule has 0 saturated heterocycles. The average molecular weight is 253 g/mol. The van der Waals surface area contributed by atoms with Gasteiger partial charge in [-0.05, 0) is 37.3 Å². The molecule has 0 aliphatic carbocycles. The van der Waals surface area contributed by atoms with Crippen molar-refractivity contribution in [3.8, 4) is 0 Å². The highest BCUT2D eigenvalue weighted by atomic mass is 16.3. The van der Waals surface area contributed by atoms with Crippen LogP contribution >= 0.6 is 0 Å². The van der Waals surface area contributed by atoms with Crippen LogP contribution in [0.25, 0.3) is 10.8 Å². The lowest BCUT2D eigenvalue weighted by atomic mass is 10.1. The van der Waals surface area contributed by atoms with Gasteiger partial charge in [0.05, 0.1) is 6.54 Å². The summed E-state index contributed by atoms with van der Waals surface area (Å²) in [6, 6.07) is 9.72. The van der Waals surface area contributed by atoms with E-state index in [9.17, 15) is 0 Å². The van der Waals surface area contributed by atoms with Gasteiger partial charge in [0.15, 0.2) is 0 Å². The normalized spacial score (nSPS) is 10.8. The number of fused-ring (bicyclic) bond motifs is 1. The van der Waals surface area contributed by atoms with Crippen molar-refractivity contribution in [1.82, 2.24) is 4.98 Å². The first-order valence-corrected chi connectivity index (χ1v) is 6.15. The molecule has 0 saturated carbocycles. The molecule has 2 heterocycles. The van der Waals surface area contributed by atoms with Gasteiger partial charge in [-0.25, -0.2) is 0 Å². The second-order valence-corrected chi connectivity index (χ2v) is 4.49. The van der Waals surface area contributed by atoms with E-state index in [1.165, 1.54) is 0 Å². The van der Waals surface area contributed by atoms with Crippen LogP contribution in [0.15, 0.2) is 47.1 Å². The number of furan rings is 1. The van der Waals surface area contributed by atoms with Gasteiger partial charge in [0.1, 0.15) is 11.5 Å². The smallest absolute Gasteiger partial charge is 0.123 e. The first kappa shape index (κ1) is 11.6. The zero-order valence-electron chi connectivity index (χ0n) is 10.7. The predicted molar refractivity (Wildman–Crippen MR) is 76.9 cm³/mol. The summed E-state index contributed by atoms with van der Waals surface area (Å²) in [6.07, 6.45) is 3.57. The van der Waals surface area contributed by atoms with Gasteiger partial charge in [-0.1, -0.05) is 0 Å². The number of anilines is 2. The molecule has 4 nitrogen and oxygen atoms in total. The molecule has 96 valence electrons. The van der Waals surface area contributed by atoms with Crippen molar-refractivity contribution in [3.63, 3.8) is 0 Å². The van der Waals surface area contributed by atoms with Crippen molar-refractivity contribution in [2.75, 3.05) is 11.1 Å². The lowest BCUT2D eigenvalue weighted by Crippen LogP contribution is -2.00. The minimum Gasteiger partial charge on any atom is -0.465 e. The Balaban J connectivity index is 1.91. The number of aryl methyl sites for hydroxylation is 1. The summed E-state index contributed by atoms with van der Waals surface area (Å²) in [6.45, 7) is 2.58. The van der Waals surface area contributed by atoms with Crippen LogP contribution in [0.4, 0.5) is 11.4 Å². The van der Waals surface area contributed by atoms with E-state index in [1.54, 1.807) is 6.20 Å². The van der Waals surface area contributed by atoms with Crippen LogP contribution in [-0.2, 0) is 6.54 Å². The number of nitrogen functional groups attached to an aromatic ring is 1. The number of hydrogen-bond donors (Lipinski definition) is 2. The highest BCUT2D eigenvalue weighted by Gasteiger charge is 2.05. The molecule has 19 heavy (non-hydrogen) atoms.